The molecular formula is C15H13ClN5NaO6S2. The van der Waals surface area contributed by atoms with E-state index in [1.165, 1.54) is 36.8 Å². The number of halogens is 1. The third-order valence-electron chi connectivity index (χ3n) is 3.95. The smallest absolute Gasteiger partial charge is 0.731 e. The normalized spacial score (nSPS) is 19.0. The maximum atomic E-state index is 12.7. The van der Waals surface area contributed by atoms with Crippen molar-refractivity contribution in [3.8, 4) is 0 Å². The summed E-state index contributed by atoms with van der Waals surface area (Å²) in [7, 11) is -3.90. The molecule has 0 spiro atoms. The molecule has 1 aromatic carbocycles. The second-order valence-corrected chi connectivity index (χ2v) is 8.31. The Morgan fingerprint density at radius 2 is 2.03 bits per heavy atom. The zero-order chi connectivity index (χ0) is 21.3. The van der Waals surface area contributed by atoms with Gasteiger partial charge >= 0.3 is 29.6 Å². The number of nitrogen functional groups attached to an aromatic ring is 1. The molecule has 30 heavy (non-hydrogen) atoms. The van der Waals surface area contributed by atoms with Crippen LogP contribution in [0.3, 0.4) is 0 Å². The standard InChI is InChI=1S/C15H14ClN5O6S2.Na/c1-27-20-10(9-6-28-15(17)18-9)13(22)19-11-12(7-2-4-8(16)5-3-7)21(14(11)23)29(24,25)26;/h2-6,11-12H,1H3,(H2,17,18)(H,19,22)(H,24,25,26);/q;+1/p-1/t11-,12+;/m1./s1. The van der Waals surface area contributed by atoms with E-state index < -0.39 is 34.2 Å². The fourth-order valence-electron chi connectivity index (χ4n) is 2.74. The third-order valence-corrected chi connectivity index (χ3v) is 5.77. The molecule has 0 unspecified atom stereocenters. The quantitative estimate of drug-likeness (QED) is 0.147. The second-order valence-electron chi connectivity index (χ2n) is 5.73. The molecule has 2 heterocycles. The molecule has 154 valence electrons. The fourth-order valence-corrected chi connectivity index (χ4v) is 4.27. The molecule has 1 fully saturated rings. The Labute approximate surface area is 202 Å². The molecule has 0 saturated carbocycles. The summed E-state index contributed by atoms with van der Waals surface area (Å²) < 4.78 is 34.7. The minimum absolute atomic E-state index is 0. The van der Waals surface area contributed by atoms with E-state index in [4.69, 9.17) is 17.3 Å². The summed E-state index contributed by atoms with van der Waals surface area (Å²) >= 11 is 6.88. The van der Waals surface area contributed by atoms with E-state index in [1.54, 1.807) is 0 Å². The molecule has 0 bridgehead atoms. The second kappa shape index (κ2) is 9.60. The average molecular weight is 482 g/mol. The number of oxime groups is 1. The first-order valence-electron chi connectivity index (χ1n) is 7.81. The van der Waals surface area contributed by atoms with Gasteiger partial charge in [-0.2, -0.15) is 0 Å². The average Bonchev–Trinajstić information content (AvgIpc) is 3.07. The van der Waals surface area contributed by atoms with Crippen molar-refractivity contribution in [3.63, 3.8) is 0 Å². The molecule has 0 aliphatic carbocycles. The molecule has 2 atom stereocenters. The number of aromatic nitrogens is 1. The number of thiazole rings is 1. The number of amides is 2. The fraction of sp³-hybridized carbons (Fsp3) is 0.200. The summed E-state index contributed by atoms with van der Waals surface area (Å²) in [5.74, 6) is -1.94. The Morgan fingerprint density at radius 1 is 1.40 bits per heavy atom. The SMILES string of the molecule is CON=C(C(=O)N[C@H]1C(=O)N(S(=O)(=O)[O-])[C@H]1c1ccc(Cl)cc1)c1csc(N)n1.[Na+]. The molecule has 1 aliphatic heterocycles. The van der Waals surface area contributed by atoms with Crippen molar-refractivity contribution in [2.24, 2.45) is 5.16 Å². The van der Waals surface area contributed by atoms with Gasteiger partial charge in [-0.15, -0.1) is 11.3 Å². The first kappa shape index (κ1) is 24.5. The number of hydrogen-bond acceptors (Lipinski definition) is 10. The number of rotatable bonds is 6. The number of anilines is 1. The van der Waals surface area contributed by atoms with Gasteiger partial charge in [0.2, 0.25) is 0 Å². The van der Waals surface area contributed by atoms with E-state index in [1.807, 2.05) is 0 Å². The van der Waals surface area contributed by atoms with Crippen LogP contribution in [0.2, 0.25) is 5.02 Å². The van der Waals surface area contributed by atoms with Gasteiger partial charge in [-0.3, -0.25) is 9.59 Å². The molecule has 1 aliphatic rings. The maximum absolute atomic E-state index is 12.7. The van der Waals surface area contributed by atoms with Crippen molar-refractivity contribution in [1.82, 2.24) is 14.6 Å². The number of carbonyl (C=O) groups excluding carboxylic acids is 2. The molecule has 0 radical (unpaired) electrons. The Morgan fingerprint density at radius 3 is 2.53 bits per heavy atom. The molecular weight excluding hydrogens is 469 g/mol. The van der Waals surface area contributed by atoms with Crippen molar-refractivity contribution < 1.29 is 57.0 Å². The number of nitrogens with two attached hydrogens (primary N) is 1. The number of β-lactam (4-membered cyclic amide) rings is 1. The van der Waals surface area contributed by atoms with Gasteiger partial charge in [-0.25, -0.2) is 17.7 Å². The van der Waals surface area contributed by atoms with E-state index in [9.17, 15) is 22.6 Å². The summed E-state index contributed by atoms with van der Waals surface area (Å²) in [6.07, 6.45) is 0. The zero-order valence-corrected chi connectivity index (χ0v) is 20.0. The van der Waals surface area contributed by atoms with Crippen LogP contribution >= 0.6 is 22.9 Å². The third kappa shape index (κ3) is 4.94. The van der Waals surface area contributed by atoms with Crippen LogP contribution < -0.4 is 40.6 Å². The molecule has 2 aromatic rings. The van der Waals surface area contributed by atoms with Crippen LogP contribution in [0.4, 0.5) is 5.13 Å². The molecule has 3 N–H and O–H groups in total. The molecule has 2 amide bonds. The summed E-state index contributed by atoms with van der Waals surface area (Å²) in [6, 6.07) is 3.25. The Bertz CT molecular complexity index is 1090. The minimum Gasteiger partial charge on any atom is -0.731 e. The molecule has 11 nitrogen and oxygen atoms in total. The van der Waals surface area contributed by atoms with E-state index in [2.05, 4.69) is 20.3 Å². The van der Waals surface area contributed by atoms with Gasteiger partial charge < -0.3 is 20.4 Å². The predicted molar refractivity (Wildman–Crippen MR) is 103 cm³/mol. The van der Waals surface area contributed by atoms with Gasteiger partial charge in [-0.1, -0.05) is 28.9 Å². The first-order chi connectivity index (χ1) is 13.6. The van der Waals surface area contributed by atoms with Gasteiger partial charge in [0.1, 0.15) is 24.9 Å². The van der Waals surface area contributed by atoms with Crippen molar-refractivity contribution in [3.05, 3.63) is 45.9 Å². The largest absolute Gasteiger partial charge is 1.00 e. The van der Waals surface area contributed by atoms with E-state index in [-0.39, 0.29) is 50.4 Å². The number of benzene rings is 1. The number of carbonyl (C=O) groups is 2. The Hall–Kier alpha value is -1.74. The summed E-state index contributed by atoms with van der Waals surface area (Å²) in [4.78, 5) is 33.6. The molecule has 1 aromatic heterocycles. The van der Waals surface area contributed by atoms with E-state index in [0.29, 0.717) is 10.6 Å². The van der Waals surface area contributed by atoms with Crippen LogP contribution in [-0.4, -0.2) is 52.9 Å². The van der Waals surface area contributed by atoms with Gasteiger partial charge in [0.15, 0.2) is 21.1 Å². The van der Waals surface area contributed by atoms with Gasteiger partial charge in [0, 0.05) is 10.4 Å². The molecule has 1 saturated heterocycles. The van der Waals surface area contributed by atoms with Gasteiger partial charge in [0.05, 0.1) is 0 Å². The summed E-state index contributed by atoms with van der Waals surface area (Å²) in [6.45, 7) is 0. The Balaban J connectivity index is 0.00000320. The summed E-state index contributed by atoms with van der Waals surface area (Å²) in [5, 5.41) is 7.97. The van der Waals surface area contributed by atoms with E-state index in [0.717, 1.165) is 11.3 Å². The van der Waals surface area contributed by atoms with Crippen LogP contribution in [0.15, 0.2) is 34.8 Å². The molecule has 15 heteroatoms. The predicted octanol–water partition coefficient (Wildman–Crippen LogP) is -2.74. The number of nitrogens with one attached hydrogen (secondary N) is 1. The topological polar surface area (TPSA) is 167 Å². The molecule has 3 rings (SSSR count). The van der Waals surface area contributed by atoms with E-state index >= 15 is 0 Å². The van der Waals surface area contributed by atoms with Crippen LogP contribution in [0.25, 0.3) is 0 Å². The zero-order valence-electron chi connectivity index (χ0n) is 15.6. The van der Waals surface area contributed by atoms with Gasteiger partial charge in [-0.05, 0) is 17.7 Å². The van der Waals surface area contributed by atoms with Gasteiger partial charge in [0.25, 0.3) is 11.8 Å². The Kier molecular flexibility index (Phi) is 7.85. The van der Waals surface area contributed by atoms with Crippen molar-refractivity contribution in [2.45, 2.75) is 12.1 Å². The van der Waals surface area contributed by atoms with Crippen molar-refractivity contribution >= 4 is 55.9 Å². The first-order valence-corrected chi connectivity index (χ1v) is 10.4. The number of nitrogens with zero attached hydrogens (tertiary/aromatic N) is 3. The van der Waals surface area contributed by atoms with Crippen LogP contribution in [-0.2, 0) is 24.7 Å². The summed E-state index contributed by atoms with van der Waals surface area (Å²) in [5.41, 5.74) is 5.68. The number of hydrogen-bond donors (Lipinski definition) is 2. The van der Waals surface area contributed by atoms with Crippen LogP contribution in [0.1, 0.15) is 17.3 Å². The monoisotopic (exact) mass is 481 g/mol. The maximum Gasteiger partial charge on any atom is 1.00 e. The van der Waals surface area contributed by atoms with Crippen LogP contribution in [0, 0.1) is 0 Å². The van der Waals surface area contributed by atoms with Crippen molar-refractivity contribution in [1.29, 1.82) is 0 Å². The van der Waals surface area contributed by atoms with Crippen molar-refractivity contribution in [2.75, 3.05) is 12.8 Å². The minimum atomic E-state index is -5.10. The van der Waals surface area contributed by atoms with Crippen LogP contribution in [0.5, 0.6) is 0 Å².